The van der Waals surface area contributed by atoms with Gasteiger partial charge in [-0.1, -0.05) is 0 Å². The molecule has 1 aromatic carbocycles. The lowest BCUT2D eigenvalue weighted by atomic mass is 10.1. The normalized spacial score (nSPS) is 10.8. The van der Waals surface area contributed by atoms with Crippen molar-refractivity contribution >= 4 is 11.3 Å². The zero-order valence-corrected chi connectivity index (χ0v) is 12.7. The average molecular weight is 292 g/mol. The van der Waals surface area contributed by atoms with Crippen LogP contribution in [0.4, 0.5) is 0 Å². The van der Waals surface area contributed by atoms with E-state index in [1.165, 1.54) is 0 Å². The van der Waals surface area contributed by atoms with Crippen LogP contribution in [0.25, 0.3) is 11.3 Å². The van der Waals surface area contributed by atoms with Gasteiger partial charge in [-0.2, -0.15) is 0 Å². The highest BCUT2D eigenvalue weighted by molar-refractivity contribution is 7.09. The molecular formula is C15H20N2O2S. The largest absolute Gasteiger partial charge is 0.496 e. The van der Waals surface area contributed by atoms with Crippen molar-refractivity contribution in [1.82, 2.24) is 10.3 Å². The topological polar surface area (TPSA) is 54.4 Å². The van der Waals surface area contributed by atoms with Gasteiger partial charge in [0.05, 0.1) is 24.4 Å². The number of rotatable bonds is 7. The second-order valence-electron chi connectivity index (χ2n) is 4.53. The van der Waals surface area contributed by atoms with Gasteiger partial charge in [0.25, 0.3) is 0 Å². The molecule has 1 aromatic heterocycles. The molecule has 0 fully saturated rings. The SMILES string of the molecule is COc1ccc(-c2csc(CCNCCO)n2)cc1C. The van der Waals surface area contributed by atoms with Crippen molar-refractivity contribution in [3.05, 3.63) is 34.2 Å². The van der Waals surface area contributed by atoms with Crippen molar-refractivity contribution in [2.45, 2.75) is 13.3 Å². The molecule has 0 saturated heterocycles. The molecule has 0 aliphatic rings. The van der Waals surface area contributed by atoms with Gasteiger partial charge in [-0.05, 0) is 30.7 Å². The first-order valence-corrected chi connectivity index (χ1v) is 7.53. The van der Waals surface area contributed by atoms with Gasteiger partial charge in [0, 0.05) is 30.5 Å². The predicted molar refractivity (Wildman–Crippen MR) is 82.5 cm³/mol. The fourth-order valence-electron chi connectivity index (χ4n) is 2.00. The summed E-state index contributed by atoms with van der Waals surface area (Å²) in [5.41, 5.74) is 3.25. The fourth-order valence-corrected chi connectivity index (χ4v) is 2.80. The van der Waals surface area contributed by atoms with Crippen LogP contribution in [0.5, 0.6) is 5.75 Å². The molecule has 0 unspecified atom stereocenters. The van der Waals surface area contributed by atoms with E-state index in [9.17, 15) is 0 Å². The lowest BCUT2D eigenvalue weighted by molar-refractivity contribution is 0.293. The number of aryl methyl sites for hydroxylation is 1. The number of aromatic nitrogens is 1. The van der Waals surface area contributed by atoms with Crippen LogP contribution in [0.2, 0.25) is 0 Å². The lowest BCUT2D eigenvalue weighted by Gasteiger charge is -2.05. The van der Waals surface area contributed by atoms with E-state index >= 15 is 0 Å². The predicted octanol–water partition coefficient (Wildman–Crippen LogP) is 2.25. The van der Waals surface area contributed by atoms with Crippen molar-refractivity contribution in [3.8, 4) is 17.0 Å². The minimum atomic E-state index is 0.175. The van der Waals surface area contributed by atoms with E-state index in [1.807, 2.05) is 19.1 Å². The fraction of sp³-hybridized carbons (Fsp3) is 0.400. The number of benzene rings is 1. The van der Waals surface area contributed by atoms with Crippen molar-refractivity contribution in [2.24, 2.45) is 0 Å². The minimum Gasteiger partial charge on any atom is -0.496 e. The molecule has 108 valence electrons. The highest BCUT2D eigenvalue weighted by atomic mass is 32.1. The molecule has 2 rings (SSSR count). The number of nitrogens with one attached hydrogen (secondary N) is 1. The molecule has 0 amide bonds. The molecule has 4 nitrogen and oxygen atoms in total. The van der Waals surface area contributed by atoms with Crippen LogP contribution in [0.1, 0.15) is 10.6 Å². The number of ether oxygens (including phenoxy) is 1. The van der Waals surface area contributed by atoms with E-state index in [0.717, 1.165) is 40.5 Å². The molecule has 0 spiro atoms. The molecule has 0 aliphatic heterocycles. The molecular weight excluding hydrogens is 272 g/mol. The number of methoxy groups -OCH3 is 1. The number of thiazole rings is 1. The maximum atomic E-state index is 8.70. The average Bonchev–Trinajstić information content (AvgIpc) is 2.92. The Hall–Kier alpha value is -1.43. The molecule has 0 bridgehead atoms. The Kier molecular flexibility index (Phi) is 5.52. The third-order valence-electron chi connectivity index (χ3n) is 3.05. The zero-order valence-electron chi connectivity index (χ0n) is 11.8. The molecule has 0 radical (unpaired) electrons. The molecule has 2 aromatic rings. The minimum absolute atomic E-state index is 0.175. The Morgan fingerprint density at radius 3 is 2.90 bits per heavy atom. The van der Waals surface area contributed by atoms with Gasteiger partial charge in [0.1, 0.15) is 5.75 Å². The van der Waals surface area contributed by atoms with E-state index in [-0.39, 0.29) is 6.61 Å². The summed E-state index contributed by atoms with van der Waals surface area (Å²) in [6.45, 7) is 3.69. The van der Waals surface area contributed by atoms with Crippen LogP contribution in [0, 0.1) is 6.92 Å². The summed E-state index contributed by atoms with van der Waals surface area (Å²) in [5.74, 6) is 0.900. The molecule has 1 heterocycles. The van der Waals surface area contributed by atoms with E-state index in [4.69, 9.17) is 9.84 Å². The first-order valence-electron chi connectivity index (χ1n) is 6.65. The van der Waals surface area contributed by atoms with Gasteiger partial charge in [-0.25, -0.2) is 4.98 Å². The molecule has 20 heavy (non-hydrogen) atoms. The van der Waals surface area contributed by atoms with Crippen LogP contribution in [-0.2, 0) is 6.42 Å². The molecule has 0 aliphatic carbocycles. The second kappa shape index (κ2) is 7.38. The second-order valence-corrected chi connectivity index (χ2v) is 5.48. The van der Waals surface area contributed by atoms with Gasteiger partial charge in [0.15, 0.2) is 0 Å². The third kappa shape index (κ3) is 3.79. The van der Waals surface area contributed by atoms with Crippen LogP contribution < -0.4 is 10.1 Å². The Labute approximate surface area is 123 Å². The van der Waals surface area contributed by atoms with Crippen LogP contribution >= 0.6 is 11.3 Å². The molecule has 2 N–H and O–H groups in total. The zero-order chi connectivity index (χ0) is 14.4. The third-order valence-corrected chi connectivity index (χ3v) is 3.96. The maximum Gasteiger partial charge on any atom is 0.121 e. The van der Waals surface area contributed by atoms with Crippen molar-refractivity contribution < 1.29 is 9.84 Å². The Morgan fingerprint density at radius 1 is 1.35 bits per heavy atom. The Balaban J connectivity index is 2.03. The summed E-state index contributed by atoms with van der Waals surface area (Å²) in [4.78, 5) is 4.65. The number of nitrogens with zero attached hydrogens (tertiary/aromatic N) is 1. The number of hydrogen-bond acceptors (Lipinski definition) is 5. The summed E-state index contributed by atoms with van der Waals surface area (Å²) in [7, 11) is 1.68. The van der Waals surface area contributed by atoms with Crippen LogP contribution in [0.3, 0.4) is 0 Å². The van der Waals surface area contributed by atoms with E-state index in [0.29, 0.717) is 6.54 Å². The number of aliphatic hydroxyl groups is 1. The van der Waals surface area contributed by atoms with Crippen molar-refractivity contribution in [1.29, 1.82) is 0 Å². The van der Waals surface area contributed by atoms with Gasteiger partial charge in [-0.3, -0.25) is 0 Å². The summed E-state index contributed by atoms with van der Waals surface area (Å²) in [6, 6.07) is 6.11. The molecule has 0 atom stereocenters. The summed E-state index contributed by atoms with van der Waals surface area (Å²) in [6.07, 6.45) is 0.889. The van der Waals surface area contributed by atoms with Crippen molar-refractivity contribution in [2.75, 3.05) is 26.8 Å². The summed E-state index contributed by atoms with van der Waals surface area (Å²) >= 11 is 1.67. The van der Waals surface area contributed by atoms with Crippen LogP contribution in [0.15, 0.2) is 23.6 Å². The quantitative estimate of drug-likeness (QED) is 0.769. The monoisotopic (exact) mass is 292 g/mol. The highest BCUT2D eigenvalue weighted by Crippen LogP contribution is 2.27. The first-order chi connectivity index (χ1) is 9.74. The number of aliphatic hydroxyl groups excluding tert-OH is 1. The van der Waals surface area contributed by atoms with Gasteiger partial charge >= 0.3 is 0 Å². The highest BCUT2D eigenvalue weighted by Gasteiger charge is 2.06. The van der Waals surface area contributed by atoms with E-state index in [1.54, 1.807) is 18.4 Å². The Bertz CT molecular complexity index is 555. The standard InChI is InChI=1S/C15H20N2O2S/c1-11-9-12(3-4-14(11)19-2)13-10-20-15(17-13)5-6-16-7-8-18/h3-4,9-10,16,18H,5-8H2,1-2H3. The molecule has 5 heteroatoms. The summed E-state index contributed by atoms with van der Waals surface area (Å²) in [5, 5.41) is 15.1. The maximum absolute atomic E-state index is 8.70. The van der Waals surface area contributed by atoms with E-state index in [2.05, 4.69) is 21.7 Å². The smallest absolute Gasteiger partial charge is 0.121 e. The van der Waals surface area contributed by atoms with Crippen LogP contribution in [-0.4, -0.2) is 36.9 Å². The van der Waals surface area contributed by atoms with Gasteiger partial charge < -0.3 is 15.2 Å². The molecule has 0 saturated carbocycles. The lowest BCUT2D eigenvalue weighted by Crippen LogP contribution is -2.20. The van der Waals surface area contributed by atoms with Crippen molar-refractivity contribution in [3.63, 3.8) is 0 Å². The summed E-state index contributed by atoms with van der Waals surface area (Å²) < 4.78 is 5.27. The van der Waals surface area contributed by atoms with Gasteiger partial charge in [0.2, 0.25) is 0 Å². The first kappa shape index (κ1) is 15.0. The van der Waals surface area contributed by atoms with E-state index < -0.39 is 0 Å². The number of hydrogen-bond donors (Lipinski definition) is 2. The van der Waals surface area contributed by atoms with Gasteiger partial charge in [-0.15, -0.1) is 11.3 Å². The Morgan fingerprint density at radius 2 is 2.20 bits per heavy atom.